The second kappa shape index (κ2) is 7.54. The van der Waals surface area contributed by atoms with E-state index in [1.165, 1.54) is 6.07 Å². The Morgan fingerprint density at radius 2 is 2.14 bits per heavy atom. The van der Waals surface area contributed by atoms with Crippen molar-refractivity contribution < 1.29 is 13.9 Å². The Balaban J connectivity index is 2.26. The summed E-state index contributed by atoms with van der Waals surface area (Å²) in [5.41, 5.74) is 1.43. The van der Waals surface area contributed by atoms with Gasteiger partial charge in [0.25, 0.3) is 0 Å². The third-order valence-electron chi connectivity index (χ3n) is 3.07. The Labute approximate surface area is 136 Å². The number of rotatable bonds is 7. The molecular weight excluding hydrogens is 363 g/mol. The topological polar surface area (TPSA) is 36.3 Å². The van der Waals surface area contributed by atoms with E-state index in [1.54, 1.807) is 13.2 Å². The Hall–Kier alpha value is -0.690. The minimum Gasteiger partial charge on any atom is -0.382 e. The first-order valence-corrected chi connectivity index (χ1v) is 7.83. The van der Waals surface area contributed by atoms with E-state index in [0.717, 1.165) is 0 Å². The summed E-state index contributed by atoms with van der Waals surface area (Å²) in [6.07, 6.45) is 0. The third-order valence-corrected chi connectivity index (χ3v) is 3.87. The lowest BCUT2D eigenvalue weighted by molar-refractivity contribution is 0.0667. The molecule has 1 aromatic carbocycles. The van der Waals surface area contributed by atoms with Gasteiger partial charge in [-0.05, 0) is 28.9 Å². The number of imidazole rings is 1. The van der Waals surface area contributed by atoms with Crippen molar-refractivity contribution in [3.63, 3.8) is 0 Å². The van der Waals surface area contributed by atoms with Gasteiger partial charge in [0.2, 0.25) is 0 Å². The first-order valence-electron chi connectivity index (χ1n) is 6.60. The van der Waals surface area contributed by atoms with E-state index in [9.17, 15) is 4.39 Å². The van der Waals surface area contributed by atoms with Crippen LogP contribution >= 0.6 is 27.5 Å². The van der Waals surface area contributed by atoms with Gasteiger partial charge >= 0.3 is 0 Å². The monoisotopic (exact) mass is 378 g/mol. The molecule has 2 aromatic rings. The van der Waals surface area contributed by atoms with Crippen molar-refractivity contribution >= 4 is 38.6 Å². The highest BCUT2D eigenvalue weighted by atomic mass is 79.9. The molecule has 0 saturated heterocycles. The van der Waals surface area contributed by atoms with E-state index in [-0.39, 0.29) is 11.2 Å². The second-order valence-corrected chi connectivity index (χ2v) is 6.11. The molecular formula is C14H17BrClFN2O2. The van der Waals surface area contributed by atoms with Gasteiger partial charge in [0.15, 0.2) is 0 Å². The van der Waals surface area contributed by atoms with Crippen LogP contribution in [-0.2, 0) is 16.0 Å². The molecule has 1 aromatic heterocycles. The molecule has 1 unspecified atom stereocenters. The molecule has 0 amide bonds. The normalized spacial score (nSPS) is 13.0. The van der Waals surface area contributed by atoms with Crippen LogP contribution in [-0.4, -0.2) is 36.5 Å². The van der Waals surface area contributed by atoms with Crippen LogP contribution in [0.4, 0.5) is 4.39 Å². The Morgan fingerprint density at radius 1 is 1.38 bits per heavy atom. The lowest BCUT2D eigenvalue weighted by atomic mass is 10.3. The molecule has 1 heterocycles. The molecule has 0 N–H and O–H groups in total. The average molecular weight is 380 g/mol. The van der Waals surface area contributed by atoms with Gasteiger partial charge < -0.3 is 14.0 Å². The molecule has 0 aliphatic carbocycles. The first kappa shape index (κ1) is 16.7. The molecule has 7 heteroatoms. The van der Waals surface area contributed by atoms with Crippen molar-refractivity contribution in [1.82, 2.24) is 9.55 Å². The van der Waals surface area contributed by atoms with Gasteiger partial charge in [-0.3, -0.25) is 0 Å². The molecule has 116 valence electrons. The molecule has 0 bridgehead atoms. The van der Waals surface area contributed by atoms with Crippen molar-refractivity contribution in [2.24, 2.45) is 0 Å². The van der Waals surface area contributed by atoms with Gasteiger partial charge in [-0.1, -0.05) is 0 Å². The molecule has 0 saturated carbocycles. The predicted molar refractivity (Wildman–Crippen MR) is 84.4 cm³/mol. The molecule has 0 aliphatic rings. The maximum Gasteiger partial charge on any atom is 0.139 e. The predicted octanol–water partition coefficient (Wildman–Crippen LogP) is 3.90. The summed E-state index contributed by atoms with van der Waals surface area (Å²) < 4.78 is 26.4. The lowest BCUT2D eigenvalue weighted by Gasteiger charge is -2.11. The quantitative estimate of drug-likeness (QED) is 0.541. The van der Waals surface area contributed by atoms with Gasteiger partial charge in [-0.15, -0.1) is 11.6 Å². The number of alkyl halides is 1. The van der Waals surface area contributed by atoms with Gasteiger partial charge in [-0.25, -0.2) is 9.37 Å². The molecule has 4 nitrogen and oxygen atoms in total. The maximum atomic E-state index is 13.8. The van der Waals surface area contributed by atoms with E-state index < -0.39 is 0 Å². The zero-order valence-corrected chi connectivity index (χ0v) is 14.2. The Bertz CT molecular complexity index is 619. The molecule has 21 heavy (non-hydrogen) atoms. The summed E-state index contributed by atoms with van der Waals surface area (Å²) in [5.74, 6) is 0.386. The summed E-state index contributed by atoms with van der Waals surface area (Å²) in [6.45, 7) is 3.97. The van der Waals surface area contributed by atoms with E-state index in [0.29, 0.717) is 47.7 Å². The number of aromatic nitrogens is 2. The standard InChI is InChI=1S/C14H17BrClFN2O2/c1-9(16)14-18-12-7-10(15)11(17)8-13(12)19(14)3-4-21-6-5-20-2/h7-9H,3-6H2,1-2H3. The minimum atomic E-state index is -0.322. The molecule has 0 radical (unpaired) electrons. The zero-order chi connectivity index (χ0) is 15.4. The fraction of sp³-hybridized carbons (Fsp3) is 0.500. The van der Waals surface area contributed by atoms with Gasteiger partial charge in [0.1, 0.15) is 11.6 Å². The van der Waals surface area contributed by atoms with Gasteiger partial charge in [-0.2, -0.15) is 0 Å². The number of hydrogen-bond acceptors (Lipinski definition) is 3. The summed E-state index contributed by atoms with van der Waals surface area (Å²) >= 11 is 9.34. The average Bonchev–Trinajstić information content (AvgIpc) is 2.77. The SMILES string of the molecule is COCCOCCn1c(C(C)Cl)nc2cc(Br)c(F)cc21. The second-order valence-electron chi connectivity index (χ2n) is 4.60. The van der Waals surface area contributed by atoms with Gasteiger partial charge in [0, 0.05) is 19.7 Å². The van der Waals surface area contributed by atoms with Crippen LogP contribution in [0.25, 0.3) is 11.0 Å². The number of methoxy groups -OCH3 is 1. The molecule has 0 spiro atoms. The number of nitrogens with zero attached hydrogens (tertiary/aromatic N) is 2. The van der Waals surface area contributed by atoms with Crippen molar-refractivity contribution in [2.45, 2.75) is 18.8 Å². The largest absolute Gasteiger partial charge is 0.382 e. The van der Waals surface area contributed by atoms with E-state index in [2.05, 4.69) is 20.9 Å². The summed E-state index contributed by atoms with van der Waals surface area (Å²) in [5, 5.41) is -0.266. The summed E-state index contributed by atoms with van der Waals surface area (Å²) in [4.78, 5) is 4.48. The lowest BCUT2D eigenvalue weighted by Crippen LogP contribution is -2.12. The number of halogens is 3. The summed E-state index contributed by atoms with van der Waals surface area (Å²) in [7, 11) is 1.63. The fourth-order valence-electron chi connectivity index (χ4n) is 2.08. The van der Waals surface area contributed by atoms with Crippen molar-refractivity contribution in [3.8, 4) is 0 Å². The highest BCUT2D eigenvalue weighted by molar-refractivity contribution is 9.10. The van der Waals surface area contributed by atoms with Crippen LogP contribution in [0.2, 0.25) is 0 Å². The first-order chi connectivity index (χ1) is 10.0. The van der Waals surface area contributed by atoms with Crippen molar-refractivity contribution in [3.05, 3.63) is 28.2 Å². The molecule has 0 fully saturated rings. The van der Waals surface area contributed by atoms with Crippen LogP contribution in [0.15, 0.2) is 16.6 Å². The van der Waals surface area contributed by atoms with E-state index in [4.69, 9.17) is 21.1 Å². The Kier molecular flexibility index (Phi) is 5.98. The smallest absolute Gasteiger partial charge is 0.139 e. The van der Waals surface area contributed by atoms with Crippen LogP contribution in [0.3, 0.4) is 0 Å². The number of hydrogen-bond donors (Lipinski definition) is 0. The maximum absolute atomic E-state index is 13.8. The van der Waals surface area contributed by atoms with Crippen LogP contribution in [0, 0.1) is 5.82 Å². The van der Waals surface area contributed by atoms with Crippen LogP contribution in [0.1, 0.15) is 18.1 Å². The summed E-state index contributed by atoms with van der Waals surface area (Å²) in [6, 6.07) is 3.13. The van der Waals surface area contributed by atoms with Crippen molar-refractivity contribution in [1.29, 1.82) is 0 Å². The minimum absolute atomic E-state index is 0.266. The number of benzene rings is 1. The van der Waals surface area contributed by atoms with Crippen LogP contribution in [0.5, 0.6) is 0 Å². The molecule has 0 aliphatic heterocycles. The number of ether oxygens (including phenoxy) is 2. The third kappa shape index (κ3) is 3.94. The van der Waals surface area contributed by atoms with E-state index in [1.807, 2.05) is 11.5 Å². The highest BCUT2D eigenvalue weighted by Gasteiger charge is 2.16. The van der Waals surface area contributed by atoms with Crippen LogP contribution < -0.4 is 0 Å². The zero-order valence-electron chi connectivity index (χ0n) is 11.9. The van der Waals surface area contributed by atoms with Gasteiger partial charge in [0.05, 0.1) is 40.7 Å². The fourth-order valence-corrected chi connectivity index (χ4v) is 2.58. The Morgan fingerprint density at radius 3 is 2.81 bits per heavy atom. The highest BCUT2D eigenvalue weighted by Crippen LogP contribution is 2.28. The number of fused-ring (bicyclic) bond motifs is 1. The molecule has 2 rings (SSSR count). The molecule has 1 atom stereocenters. The van der Waals surface area contributed by atoms with Crippen molar-refractivity contribution in [2.75, 3.05) is 26.9 Å². The van der Waals surface area contributed by atoms with E-state index >= 15 is 0 Å².